The quantitative estimate of drug-likeness (QED) is 0.626. The van der Waals surface area contributed by atoms with Crippen molar-refractivity contribution in [1.82, 2.24) is 5.43 Å². The third kappa shape index (κ3) is 4.42. The largest absolute Gasteiger partial charge is 0.378 e. The molecular formula is C15H22ClFN2O. The van der Waals surface area contributed by atoms with Crippen molar-refractivity contribution < 1.29 is 9.13 Å². The summed E-state index contributed by atoms with van der Waals surface area (Å²) in [7, 11) is 0. The molecular weight excluding hydrogens is 279 g/mol. The molecule has 0 aromatic heterocycles. The lowest BCUT2D eigenvalue weighted by molar-refractivity contribution is 0.00857. The highest BCUT2D eigenvalue weighted by atomic mass is 35.5. The minimum Gasteiger partial charge on any atom is -0.378 e. The molecule has 1 heterocycles. The summed E-state index contributed by atoms with van der Waals surface area (Å²) in [6.07, 6.45) is 6.18. The summed E-state index contributed by atoms with van der Waals surface area (Å²) in [5, 5.41) is 0.161. The Balaban J connectivity index is 1.86. The van der Waals surface area contributed by atoms with E-state index in [4.69, 9.17) is 22.2 Å². The SMILES string of the molecule is NNC(CCC1CCCCO1)Cc1cccc(Cl)c1F. The van der Waals surface area contributed by atoms with Crippen LogP contribution in [0.4, 0.5) is 4.39 Å². The number of hydrazine groups is 1. The Morgan fingerprint density at radius 2 is 2.30 bits per heavy atom. The zero-order valence-corrected chi connectivity index (χ0v) is 12.3. The fourth-order valence-corrected chi connectivity index (χ4v) is 2.83. The lowest BCUT2D eigenvalue weighted by Crippen LogP contribution is -2.38. The highest BCUT2D eigenvalue weighted by molar-refractivity contribution is 6.30. The molecule has 0 aliphatic carbocycles. The molecule has 1 fully saturated rings. The Hall–Kier alpha value is -0.680. The summed E-state index contributed by atoms with van der Waals surface area (Å²) < 4.78 is 19.6. The number of rotatable bonds is 6. The van der Waals surface area contributed by atoms with Crippen LogP contribution in [0, 0.1) is 5.82 Å². The van der Waals surface area contributed by atoms with Crippen molar-refractivity contribution in [1.29, 1.82) is 0 Å². The summed E-state index contributed by atoms with van der Waals surface area (Å²) in [5.74, 6) is 5.23. The second-order valence-electron chi connectivity index (χ2n) is 5.35. The van der Waals surface area contributed by atoms with Gasteiger partial charge in [0, 0.05) is 12.6 Å². The Labute approximate surface area is 124 Å². The standard InChI is InChI=1S/C15H22ClFN2O/c16-14-6-3-4-11(15(14)17)10-12(19-18)7-8-13-5-1-2-9-20-13/h3-4,6,12-13,19H,1-2,5,7-10,18H2. The summed E-state index contributed by atoms with van der Waals surface area (Å²) in [6.45, 7) is 0.855. The molecule has 3 N–H and O–H groups in total. The van der Waals surface area contributed by atoms with Crippen LogP contribution in [0.1, 0.15) is 37.7 Å². The van der Waals surface area contributed by atoms with Gasteiger partial charge in [0.05, 0.1) is 11.1 Å². The molecule has 1 aromatic carbocycles. The van der Waals surface area contributed by atoms with Crippen LogP contribution in [0.5, 0.6) is 0 Å². The van der Waals surface area contributed by atoms with Crippen LogP contribution in [0.2, 0.25) is 5.02 Å². The summed E-state index contributed by atoms with van der Waals surface area (Å²) >= 11 is 5.79. The van der Waals surface area contributed by atoms with Crippen LogP contribution >= 0.6 is 11.6 Å². The van der Waals surface area contributed by atoms with Crippen LogP contribution in [-0.4, -0.2) is 18.8 Å². The molecule has 1 saturated heterocycles. The van der Waals surface area contributed by atoms with Gasteiger partial charge in [-0.15, -0.1) is 0 Å². The number of halogens is 2. The molecule has 2 unspecified atom stereocenters. The van der Waals surface area contributed by atoms with Crippen molar-refractivity contribution in [3.05, 3.63) is 34.6 Å². The predicted octanol–water partition coefficient (Wildman–Crippen LogP) is 3.20. The highest BCUT2D eigenvalue weighted by Gasteiger charge is 2.18. The van der Waals surface area contributed by atoms with Crippen LogP contribution < -0.4 is 11.3 Å². The molecule has 3 nitrogen and oxygen atoms in total. The average molecular weight is 301 g/mol. The summed E-state index contributed by atoms with van der Waals surface area (Å²) in [4.78, 5) is 0. The van der Waals surface area contributed by atoms with Crippen molar-refractivity contribution in [2.45, 2.75) is 50.7 Å². The second-order valence-corrected chi connectivity index (χ2v) is 5.75. The van der Waals surface area contributed by atoms with Gasteiger partial charge < -0.3 is 4.74 Å². The smallest absolute Gasteiger partial charge is 0.145 e. The maximum Gasteiger partial charge on any atom is 0.145 e. The number of nitrogens with one attached hydrogen (secondary N) is 1. The maximum absolute atomic E-state index is 13.9. The first-order chi connectivity index (χ1) is 9.70. The van der Waals surface area contributed by atoms with E-state index in [-0.39, 0.29) is 16.9 Å². The van der Waals surface area contributed by atoms with Gasteiger partial charge in [-0.1, -0.05) is 23.7 Å². The Morgan fingerprint density at radius 3 is 3.00 bits per heavy atom. The third-order valence-corrected chi connectivity index (χ3v) is 4.14. The predicted molar refractivity (Wildman–Crippen MR) is 79.1 cm³/mol. The van der Waals surface area contributed by atoms with E-state index in [1.807, 2.05) is 0 Å². The molecule has 1 aromatic rings. The van der Waals surface area contributed by atoms with Gasteiger partial charge >= 0.3 is 0 Å². The molecule has 0 saturated carbocycles. The van der Waals surface area contributed by atoms with Crippen molar-refractivity contribution in [3.8, 4) is 0 Å². The molecule has 2 rings (SSSR count). The summed E-state index contributed by atoms with van der Waals surface area (Å²) in [6, 6.07) is 5.11. The van der Waals surface area contributed by atoms with Gasteiger partial charge in [0.2, 0.25) is 0 Å². The highest BCUT2D eigenvalue weighted by Crippen LogP contribution is 2.22. The van der Waals surface area contributed by atoms with Gasteiger partial charge in [0.15, 0.2) is 0 Å². The lowest BCUT2D eigenvalue weighted by Gasteiger charge is -2.24. The topological polar surface area (TPSA) is 47.3 Å². The van der Waals surface area contributed by atoms with Crippen molar-refractivity contribution in [2.75, 3.05) is 6.61 Å². The first kappa shape index (κ1) is 15.7. The van der Waals surface area contributed by atoms with Crippen LogP contribution in [0.25, 0.3) is 0 Å². The first-order valence-electron chi connectivity index (χ1n) is 7.21. The number of ether oxygens (including phenoxy) is 1. The molecule has 0 radical (unpaired) electrons. The number of nitrogens with two attached hydrogens (primary N) is 1. The molecule has 0 spiro atoms. The van der Waals surface area contributed by atoms with Gasteiger partial charge in [-0.3, -0.25) is 11.3 Å². The molecule has 20 heavy (non-hydrogen) atoms. The lowest BCUT2D eigenvalue weighted by atomic mass is 9.97. The number of hydrogen-bond acceptors (Lipinski definition) is 3. The van der Waals surface area contributed by atoms with E-state index in [1.165, 1.54) is 6.42 Å². The molecule has 0 bridgehead atoms. The molecule has 0 amide bonds. The normalized spacial score (nSPS) is 20.9. The second kappa shape index (κ2) is 7.93. The van der Waals surface area contributed by atoms with Crippen LogP contribution in [0.3, 0.4) is 0 Å². The number of benzene rings is 1. The molecule has 1 aliphatic rings. The van der Waals surface area contributed by atoms with E-state index < -0.39 is 0 Å². The zero-order valence-electron chi connectivity index (χ0n) is 11.6. The van der Waals surface area contributed by atoms with Crippen LogP contribution in [-0.2, 0) is 11.2 Å². The van der Waals surface area contributed by atoms with Crippen molar-refractivity contribution >= 4 is 11.6 Å². The third-order valence-electron chi connectivity index (χ3n) is 3.84. The van der Waals surface area contributed by atoms with Gasteiger partial charge in [-0.05, 0) is 50.2 Å². The fraction of sp³-hybridized carbons (Fsp3) is 0.600. The van der Waals surface area contributed by atoms with Crippen molar-refractivity contribution in [3.63, 3.8) is 0 Å². The average Bonchev–Trinajstić information content (AvgIpc) is 2.49. The monoisotopic (exact) mass is 300 g/mol. The van der Waals surface area contributed by atoms with E-state index in [0.717, 1.165) is 32.3 Å². The molecule has 5 heteroatoms. The molecule has 2 atom stereocenters. The van der Waals surface area contributed by atoms with E-state index in [9.17, 15) is 4.39 Å². The van der Waals surface area contributed by atoms with E-state index in [2.05, 4.69) is 5.43 Å². The van der Waals surface area contributed by atoms with E-state index >= 15 is 0 Å². The minimum absolute atomic E-state index is 0.0356. The van der Waals surface area contributed by atoms with Gasteiger partial charge in [0.1, 0.15) is 5.82 Å². The molecule has 1 aliphatic heterocycles. The van der Waals surface area contributed by atoms with Crippen LogP contribution in [0.15, 0.2) is 18.2 Å². The minimum atomic E-state index is -0.344. The Kier molecular flexibility index (Phi) is 6.23. The van der Waals surface area contributed by atoms with Crippen molar-refractivity contribution in [2.24, 2.45) is 5.84 Å². The van der Waals surface area contributed by atoms with E-state index in [1.54, 1.807) is 18.2 Å². The first-order valence-corrected chi connectivity index (χ1v) is 7.59. The maximum atomic E-state index is 13.9. The zero-order chi connectivity index (χ0) is 14.4. The van der Waals surface area contributed by atoms with E-state index in [0.29, 0.717) is 18.1 Å². The Bertz CT molecular complexity index is 424. The fourth-order valence-electron chi connectivity index (χ4n) is 2.64. The Morgan fingerprint density at radius 1 is 1.45 bits per heavy atom. The molecule has 112 valence electrons. The van der Waals surface area contributed by atoms with Gasteiger partial charge in [-0.2, -0.15) is 0 Å². The van der Waals surface area contributed by atoms with Gasteiger partial charge in [0.25, 0.3) is 0 Å². The number of hydrogen-bond donors (Lipinski definition) is 2. The summed E-state index contributed by atoms with van der Waals surface area (Å²) in [5.41, 5.74) is 3.37. The van der Waals surface area contributed by atoms with Gasteiger partial charge in [-0.25, -0.2) is 4.39 Å².